The molecule has 0 spiro atoms. The lowest BCUT2D eigenvalue weighted by Crippen LogP contribution is -2.46. The van der Waals surface area contributed by atoms with Crippen LogP contribution in [0.2, 0.25) is 0 Å². The molecule has 2 nitrogen and oxygen atoms in total. The van der Waals surface area contributed by atoms with E-state index in [-0.39, 0.29) is 0 Å². The fourth-order valence-electron chi connectivity index (χ4n) is 3.08. The maximum absolute atomic E-state index is 12.5. The van der Waals surface area contributed by atoms with E-state index in [1.54, 1.807) is 0 Å². The van der Waals surface area contributed by atoms with Crippen LogP contribution in [0.25, 0.3) is 0 Å². The molecule has 104 valence electrons. The molecular weight excluding hydrogens is 224 g/mol. The van der Waals surface area contributed by atoms with Gasteiger partial charge in [-0.1, -0.05) is 26.7 Å². The zero-order valence-corrected chi connectivity index (χ0v) is 12.3. The molecule has 0 heterocycles. The van der Waals surface area contributed by atoms with Crippen LogP contribution in [-0.4, -0.2) is 18.0 Å². The van der Waals surface area contributed by atoms with E-state index in [9.17, 15) is 4.79 Å². The molecule has 0 N–H and O–H groups in total. The molecular formula is C16H28O2. The maximum Gasteiger partial charge on any atom is 0.164 e. The first-order chi connectivity index (χ1) is 8.47. The Balaban J connectivity index is 1.94. The molecule has 0 radical (unpaired) electrons. The lowest BCUT2D eigenvalue weighted by atomic mass is 9.69. The minimum absolute atomic E-state index is 0.381. The van der Waals surface area contributed by atoms with Gasteiger partial charge >= 0.3 is 0 Å². The second kappa shape index (κ2) is 5.32. The molecule has 2 rings (SSSR count). The summed E-state index contributed by atoms with van der Waals surface area (Å²) in [6, 6.07) is 0. The lowest BCUT2D eigenvalue weighted by Gasteiger charge is -2.42. The predicted octanol–water partition coefficient (Wildman–Crippen LogP) is 4.12. The van der Waals surface area contributed by atoms with Gasteiger partial charge in [0, 0.05) is 13.0 Å². The van der Waals surface area contributed by atoms with Crippen molar-refractivity contribution in [2.24, 2.45) is 11.3 Å². The van der Waals surface area contributed by atoms with Gasteiger partial charge in [0.1, 0.15) is 5.60 Å². The van der Waals surface area contributed by atoms with E-state index in [2.05, 4.69) is 13.8 Å². The Morgan fingerprint density at radius 2 is 1.78 bits per heavy atom. The Morgan fingerprint density at radius 3 is 2.28 bits per heavy atom. The second-order valence-electron chi connectivity index (χ2n) is 7.00. The maximum atomic E-state index is 12.5. The van der Waals surface area contributed by atoms with Crippen LogP contribution >= 0.6 is 0 Å². The number of Topliss-reactive ketones (excluding diaryl/α,β-unsaturated/α-hetero) is 1. The Bertz CT molecular complexity index is 292. The van der Waals surface area contributed by atoms with Gasteiger partial charge in [-0.3, -0.25) is 4.79 Å². The molecule has 2 aliphatic carbocycles. The van der Waals surface area contributed by atoms with Crippen LogP contribution in [0.4, 0.5) is 0 Å². The van der Waals surface area contributed by atoms with Crippen molar-refractivity contribution in [3.8, 4) is 0 Å². The van der Waals surface area contributed by atoms with Gasteiger partial charge < -0.3 is 4.74 Å². The average molecular weight is 252 g/mol. The van der Waals surface area contributed by atoms with E-state index in [1.165, 1.54) is 12.8 Å². The standard InChI is InChI=1S/C16H28O2/c1-4-18-16(11-9-15(2,3)10-12-16)14(17)8-7-13-5-6-13/h13H,4-12H2,1-3H3. The Hall–Kier alpha value is -0.370. The summed E-state index contributed by atoms with van der Waals surface area (Å²) < 4.78 is 5.93. The van der Waals surface area contributed by atoms with Gasteiger partial charge in [-0.2, -0.15) is 0 Å². The molecule has 0 atom stereocenters. The molecule has 0 aromatic carbocycles. The minimum Gasteiger partial charge on any atom is -0.368 e. The largest absolute Gasteiger partial charge is 0.368 e. The van der Waals surface area contributed by atoms with Crippen LogP contribution in [0.3, 0.4) is 0 Å². The number of carbonyl (C=O) groups is 1. The Morgan fingerprint density at radius 1 is 1.17 bits per heavy atom. The Kier molecular flexibility index (Phi) is 4.15. The van der Waals surface area contributed by atoms with Crippen molar-refractivity contribution in [2.75, 3.05) is 6.61 Å². The third-order valence-corrected chi connectivity index (χ3v) is 4.82. The first kappa shape index (κ1) is 14.0. The number of ketones is 1. The average Bonchev–Trinajstić information content (AvgIpc) is 3.13. The van der Waals surface area contributed by atoms with Gasteiger partial charge in [0.15, 0.2) is 5.78 Å². The summed E-state index contributed by atoms with van der Waals surface area (Å²) in [7, 11) is 0. The highest BCUT2D eigenvalue weighted by Gasteiger charge is 2.44. The monoisotopic (exact) mass is 252 g/mol. The number of ether oxygens (including phenoxy) is 1. The number of hydrogen-bond acceptors (Lipinski definition) is 2. The number of carbonyl (C=O) groups excluding carboxylic acids is 1. The fraction of sp³-hybridized carbons (Fsp3) is 0.938. The summed E-state index contributed by atoms with van der Waals surface area (Å²) in [5.41, 5.74) is -0.0451. The zero-order chi connectivity index (χ0) is 13.2. The molecule has 0 saturated heterocycles. The van der Waals surface area contributed by atoms with Gasteiger partial charge in [-0.05, 0) is 50.4 Å². The van der Waals surface area contributed by atoms with E-state index in [1.807, 2.05) is 6.92 Å². The summed E-state index contributed by atoms with van der Waals surface area (Å²) in [5, 5.41) is 0. The molecule has 0 unspecified atom stereocenters. The van der Waals surface area contributed by atoms with E-state index >= 15 is 0 Å². The smallest absolute Gasteiger partial charge is 0.164 e. The zero-order valence-electron chi connectivity index (χ0n) is 12.3. The molecule has 2 heteroatoms. The van der Waals surface area contributed by atoms with Gasteiger partial charge in [-0.25, -0.2) is 0 Å². The summed E-state index contributed by atoms with van der Waals surface area (Å²) in [6.45, 7) is 7.28. The van der Waals surface area contributed by atoms with Crippen LogP contribution in [-0.2, 0) is 9.53 Å². The van der Waals surface area contributed by atoms with Gasteiger partial charge in [-0.15, -0.1) is 0 Å². The summed E-state index contributed by atoms with van der Waals surface area (Å²) in [6.07, 6.45) is 8.59. The highest BCUT2D eigenvalue weighted by Crippen LogP contribution is 2.44. The lowest BCUT2D eigenvalue weighted by molar-refractivity contribution is -0.152. The fourth-order valence-corrected chi connectivity index (χ4v) is 3.08. The number of hydrogen-bond donors (Lipinski definition) is 0. The quantitative estimate of drug-likeness (QED) is 0.710. The third kappa shape index (κ3) is 3.34. The van der Waals surface area contributed by atoms with Crippen molar-refractivity contribution in [3.63, 3.8) is 0 Å². The van der Waals surface area contributed by atoms with Crippen LogP contribution < -0.4 is 0 Å². The predicted molar refractivity (Wildman–Crippen MR) is 73.6 cm³/mol. The van der Waals surface area contributed by atoms with Crippen molar-refractivity contribution in [1.82, 2.24) is 0 Å². The molecule has 0 aromatic heterocycles. The highest BCUT2D eigenvalue weighted by atomic mass is 16.5. The van der Waals surface area contributed by atoms with Crippen LogP contribution in [0.15, 0.2) is 0 Å². The third-order valence-electron chi connectivity index (χ3n) is 4.82. The molecule has 0 aliphatic heterocycles. The van der Waals surface area contributed by atoms with Crippen LogP contribution in [0, 0.1) is 11.3 Å². The first-order valence-corrected chi connectivity index (χ1v) is 7.65. The van der Waals surface area contributed by atoms with Gasteiger partial charge in [0.25, 0.3) is 0 Å². The number of rotatable bonds is 6. The SMILES string of the molecule is CCOC1(C(=O)CCC2CC2)CCC(C)(C)CC1. The van der Waals surface area contributed by atoms with Crippen molar-refractivity contribution < 1.29 is 9.53 Å². The van der Waals surface area contributed by atoms with E-state index < -0.39 is 5.60 Å². The second-order valence-corrected chi connectivity index (χ2v) is 7.00. The summed E-state index contributed by atoms with van der Waals surface area (Å²) in [4.78, 5) is 12.5. The highest BCUT2D eigenvalue weighted by molar-refractivity contribution is 5.87. The molecule has 0 bridgehead atoms. The van der Waals surface area contributed by atoms with Crippen molar-refractivity contribution in [2.45, 2.75) is 77.7 Å². The van der Waals surface area contributed by atoms with Crippen molar-refractivity contribution >= 4 is 5.78 Å². The summed E-state index contributed by atoms with van der Waals surface area (Å²) in [5.74, 6) is 1.22. The molecule has 2 fully saturated rings. The van der Waals surface area contributed by atoms with E-state index in [0.29, 0.717) is 17.8 Å². The molecule has 2 saturated carbocycles. The molecule has 0 aromatic rings. The minimum atomic E-state index is -0.431. The Labute approximate surface area is 111 Å². The van der Waals surface area contributed by atoms with E-state index in [0.717, 1.165) is 44.4 Å². The summed E-state index contributed by atoms with van der Waals surface area (Å²) >= 11 is 0. The van der Waals surface area contributed by atoms with E-state index in [4.69, 9.17) is 4.74 Å². The van der Waals surface area contributed by atoms with Crippen LogP contribution in [0.5, 0.6) is 0 Å². The molecule has 0 amide bonds. The van der Waals surface area contributed by atoms with Gasteiger partial charge in [0.2, 0.25) is 0 Å². The normalized spacial score (nSPS) is 25.9. The molecule has 18 heavy (non-hydrogen) atoms. The van der Waals surface area contributed by atoms with Crippen molar-refractivity contribution in [1.29, 1.82) is 0 Å². The van der Waals surface area contributed by atoms with Gasteiger partial charge in [0.05, 0.1) is 0 Å². The van der Waals surface area contributed by atoms with Crippen molar-refractivity contribution in [3.05, 3.63) is 0 Å². The van der Waals surface area contributed by atoms with Crippen LogP contribution in [0.1, 0.15) is 72.1 Å². The molecule has 2 aliphatic rings. The topological polar surface area (TPSA) is 26.3 Å². The first-order valence-electron chi connectivity index (χ1n) is 7.65.